The molecule has 1 aliphatic heterocycles. The van der Waals surface area contributed by atoms with Crippen LogP contribution in [0.5, 0.6) is 5.75 Å². The van der Waals surface area contributed by atoms with Crippen LogP contribution in [0.2, 0.25) is 0 Å². The van der Waals surface area contributed by atoms with Crippen LogP contribution >= 0.6 is 0 Å². The Balaban J connectivity index is 1.19. The average Bonchev–Trinajstić information content (AvgIpc) is 3.01. The lowest BCUT2D eigenvalue weighted by Gasteiger charge is -2.30. The molecule has 0 spiro atoms. The number of aryl methyl sites for hydroxylation is 1. The molecule has 1 heterocycles. The molecule has 2 amide bonds. The number of benzene rings is 4. The number of anilines is 1. The van der Waals surface area contributed by atoms with Gasteiger partial charge in [0.15, 0.2) is 11.5 Å². The van der Waals surface area contributed by atoms with Crippen molar-refractivity contribution in [2.75, 3.05) is 24.5 Å². The van der Waals surface area contributed by atoms with Crippen molar-refractivity contribution in [2.45, 2.75) is 33.4 Å². The Morgan fingerprint density at radius 2 is 1.64 bits per heavy atom. The summed E-state index contributed by atoms with van der Waals surface area (Å²) >= 11 is 0. The van der Waals surface area contributed by atoms with Gasteiger partial charge in [0.25, 0.3) is 11.8 Å². The summed E-state index contributed by atoms with van der Waals surface area (Å²) in [6, 6.07) is 33.4. The zero-order valence-electron chi connectivity index (χ0n) is 24.3. The minimum Gasteiger partial charge on any atom is -0.449 e. The van der Waals surface area contributed by atoms with Gasteiger partial charge in [-0.15, -0.1) is 0 Å². The number of rotatable bonds is 11. The Bertz CT molecular complexity index is 1550. The molecule has 4 aromatic carbocycles. The molecule has 0 radical (unpaired) electrons. The molecule has 6 nitrogen and oxygen atoms in total. The number of ether oxygens (including phenoxy) is 1. The molecule has 1 aliphatic rings. The number of hydrogen-bond acceptors (Lipinski definition) is 4. The minimum atomic E-state index is -0.203. The standard InChI is InChI=1S/C36H37N3O3/c1-3-38(25-29-12-5-4-6-13-29)22-10-21-37-35(40)31-19-17-28(18-20-31)24-34-36(41)39(26-30-14-9-11-27(2)23-30)32-15-7-8-16-33(32)42-34/h4-9,11-20,23-24H,3,10,21-22,25-26H2,1-2H3,(H,37,40). The zero-order valence-corrected chi connectivity index (χ0v) is 24.3. The third-order valence-corrected chi connectivity index (χ3v) is 7.36. The van der Waals surface area contributed by atoms with Crippen molar-refractivity contribution >= 4 is 23.6 Å². The largest absolute Gasteiger partial charge is 0.449 e. The predicted molar refractivity (Wildman–Crippen MR) is 168 cm³/mol. The van der Waals surface area contributed by atoms with E-state index in [4.69, 9.17) is 4.74 Å². The van der Waals surface area contributed by atoms with Crippen LogP contribution in [0.1, 0.15) is 46.0 Å². The summed E-state index contributed by atoms with van der Waals surface area (Å²) in [6.45, 7) is 8.03. The molecule has 5 rings (SSSR count). The first-order valence-corrected chi connectivity index (χ1v) is 14.5. The van der Waals surface area contributed by atoms with Crippen LogP contribution in [0.15, 0.2) is 109 Å². The monoisotopic (exact) mass is 559 g/mol. The molecule has 0 atom stereocenters. The molecular weight excluding hydrogens is 522 g/mol. The fourth-order valence-corrected chi connectivity index (χ4v) is 5.09. The molecule has 4 aromatic rings. The highest BCUT2D eigenvalue weighted by atomic mass is 16.5. The number of para-hydroxylation sites is 2. The van der Waals surface area contributed by atoms with Crippen LogP contribution in [0.25, 0.3) is 6.08 Å². The summed E-state index contributed by atoms with van der Waals surface area (Å²) in [5.74, 6) is 0.570. The summed E-state index contributed by atoms with van der Waals surface area (Å²) in [6.07, 6.45) is 2.60. The van der Waals surface area contributed by atoms with E-state index >= 15 is 0 Å². The van der Waals surface area contributed by atoms with Gasteiger partial charge in [0.1, 0.15) is 0 Å². The van der Waals surface area contributed by atoms with Gasteiger partial charge in [0.2, 0.25) is 0 Å². The highest BCUT2D eigenvalue weighted by Crippen LogP contribution is 2.36. The Labute approximate surface area is 248 Å². The van der Waals surface area contributed by atoms with Crippen molar-refractivity contribution in [3.8, 4) is 5.75 Å². The van der Waals surface area contributed by atoms with Crippen LogP contribution in [0.3, 0.4) is 0 Å². The maximum Gasteiger partial charge on any atom is 0.294 e. The van der Waals surface area contributed by atoms with Gasteiger partial charge < -0.3 is 10.1 Å². The number of hydrogen-bond donors (Lipinski definition) is 1. The van der Waals surface area contributed by atoms with Gasteiger partial charge in [-0.05, 0) is 66.9 Å². The molecule has 0 saturated heterocycles. The molecule has 0 saturated carbocycles. The van der Waals surface area contributed by atoms with E-state index in [1.54, 1.807) is 23.1 Å². The second-order valence-electron chi connectivity index (χ2n) is 10.5. The third-order valence-electron chi connectivity index (χ3n) is 7.36. The van der Waals surface area contributed by atoms with Crippen molar-refractivity contribution in [3.63, 3.8) is 0 Å². The first-order valence-electron chi connectivity index (χ1n) is 14.5. The lowest BCUT2D eigenvalue weighted by Crippen LogP contribution is -2.36. The molecule has 0 fully saturated rings. The van der Waals surface area contributed by atoms with Gasteiger partial charge in [0, 0.05) is 25.2 Å². The van der Waals surface area contributed by atoms with Gasteiger partial charge in [-0.2, -0.15) is 0 Å². The fraction of sp³-hybridized carbons (Fsp3) is 0.222. The van der Waals surface area contributed by atoms with E-state index in [2.05, 4.69) is 47.5 Å². The van der Waals surface area contributed by atoms with Crippen molar-refractivity contribution in [1.82, 2.24) is 10.2 Å². The van der Waals surface area contributed by atoms with E-state index in [1.807, 2.05) is 67.6 Å². The predicted octanol–water partition coefficient (Wildman–Crippen LogP) is 6.60. The summed E-state index contributed by atoms with van der Waals surface area (Å²) in [7, 11) is 0. The van der Waals surface area contributed by atoms with Crippen molar-refractivity contribution in [1.29, 1.82) is 0 Å². The van der Waals surface area contributed by atoms with Gasteiger partial charge >= 0.3 is 0 Å². The highest BCUT2D eigenvalue weighted by Gasteiger charge is 2.30. The van der Waals surface area contributed by atoms with Crippen LogP contribution in [-0.2, 0) is 17.9 Å². The SMILES string of the molecule is CCN(CCCNC(=O)c1ccc(C=C2Oc3ccccc3N(Cc3cccc(C)c3)C2=O)cc1)Cc1ccccc1. The quantitative estimate of drug-likeness (QED) is 0.166. The first-order chi connectivity index (χ1) is 20.5. The van der Waals surface area contributed by atoms with Gasteiger partial charge in [0.05, 0.1) is 12.2 Å². The molecule has 42 heavy (non-hydrogen) atoms. The van der Waals surface area contributed by atoms with Crippen LogP contribution in [0.4, 0.5) is 5.69 Å². The summed E-state index contributed by atoms with van der Waals surface area (Å²) in [4.78, 5) is 30.4. The van der Waals surface area contributed by atoms with Crippen LogP contribution in [0, 0.1) is 6.92 Å². The Hall–Kier alpha value is -4.68. The lowest BCUT2D eigenvalue weighted by molar-refractivity contribution is -0.117. The molecule has 0 unspecified atom stereocenters. The molecule has 0 aromatic heterocycles. The van der Waals surface area contributed by atoms with Gasteiger partial charge in [-0.3, -0.25) is 19.4 Å². The maximum atomic E-state index is 13.5. The van der Waals surface area contributed by atoms with Crippen molar-refractivity contribution in [2.24, 2.45) is 0 Å². The normalized spacial score (nSPS) is 13.6. The third kappa shape index (κ3) is 7.33. The van der Waals surface area contributed by atoms with E-state index in [0.29, 0.717) is 24.4 Å². The number of nitrogens with zero attached hydrogens (tertiary/aromatic N) is 2. The van der Waals surface area contributed by atoms with E-state index in [-0.39, 0.29) is 17.6 Å². The Morgan fingerprint density at radius 1 is 0.905 bits per heavy atom. The van der Waals surface area contributed by atoms with E-state index in [0.717, 1.165) is 48.4 Å². The zero-order chi connectivity index (χ0) is 29.3. The number of carbonyl (C=O) groups is 2. The Kier molecular flexibility index (Phi) is 9.47. The topological polar surface area (TPSA) is 61.9 Å². The van der Waals surface area contributed by atoms with E-state index in [9.17, 15) is 9.59 Å². The van der Waals surface area contributed by atoms with Gasteiger partial charge in [-0.1, -0.05) is 91.3 Å². The average molecular weight is 560 g/mol. The molecule has 0 bridgehead atoms. The number of nitrogens with one attached hydrogen (secondary N) is 1. The van der Waals surface area contributed by atoms with Crippen molar-refractivity contribution < 1.29 is 14.3 Å². The van der Waals surface area contributed by atoms with E-state index < -0.39 is 0 Å². The second-order valence-corrected chi connectivity index (χ2v) is 10.5. The number of amides is 2. The fourth-order valence-electron chi connectivity index (χ4n) is 5.09. The molecule has 1 N–H and O–H groups in total. The Morgan fingerprint density at radius 3 is 2.40 bits per heavy atom. The van der Waals surface area contributed by atoms with Crippen molar-refractivity contribution in [3.05, 3.63) is 137 Å². The summed E-state index contributed by atoms with van der Waals surface area (Å²) < 4.78 is 6.04. The van der Waals surface area contributed by atoms with Crippen LogP contribution in [-0.4, -0.2) is 36.3 Å². The van der Waals surface area contributed by atoms with Gasteiger partial charge in [-0.25, -0.2) is 0 Å². The molecule has 214 valence electrons. The second kappa shape index (κ2) is 13.8. The van der Waals surface area contributed by atoms with Crippen LogP contribution < -0.4 is 15.0 Å². The summed E-state index contributed by atoms with van der Waals surface area (Å²) in [5.41, 5.74) is 5.60. The first kappa shape index (κ1) is 28.8. The number of fused-ring (bicyclic) bond motifs is 1. The minimum absolute atomic E-state index is 0.108. The van der Waals surface area contributed by atoms with E-state index in [1.165, 1.54) is 5.56 Å². The smallest absolute Gasteiger partial charge is 0.294 e. The highest BCUT2D eigenvalue weighted by molar-refractivity contribution is 6.09. The lowest BCUT2D eigenvalue weighted by atomic mass is 10.1. The number of carbonyl (C=O) groups excluding carboxylic acids is 2. The summed E-state index contributed by atoms with van der Waals surface area (Å²) in [5, 5.41) is 3.03. The molecule has 0 aliphatic carbocycles. The maximum absolute atomic E-state index is 13.5. The molecule has 6 heteroatoms. The molecular formula is C36H37N3O3.